The van der Waals surface area contributed by atoms with Crippen LogP contribution in [0, 0.1) is 11.8 Å². The molecule has 1 heterocycles. The molecule has 0 aromatic carbocycles. The van der Waals surface area contributed by atoms with Crippen molar-refractivity contribution in [3.05, 3.63) is 16.1 Å². The number of carboxylic acids is 1. The van der Waals surface area contributed by atoms with Crippen LogP contribution in [-0.4, -0.2) is 28.5 Å². The quantitative estimate of drug-likeness (QED) is 0.729. The lowest BCUT2D eigenvalue weighted by molar-refractivity contribution is -0.126. The molecule has 2 atom stereocenters. The second-order valence-corrected chi connectivity index (χ2v) is 5.58. The predicted octanol–water partition coefficient (Wildman–Crippen LogP) is 1.25. The fourth-order valence-electron chi connectivity index (χ4n) is 1.65. The maximum atomic E-state index is 12.0. The van der Waals surface area contributed by atoms with Crippen molar-refractivity contribution in [2.75, 3.05) is 6.54 Å². The summed E-state index contributed by atoms with van der Waals surface area (Å²) >= 11 is 1.22. The molecule has 1 aromatic heterocycles. The van der Waals surface area contributed by atoms with E-state index in [-0.39, 0.29) is 36.0 Å². The molecule has 1 amide bonds. The first-order valence-electron chi connectivity index (χ1n) is 6.06. The number of carbonyl (C=O) groups excluding carboxylic acids is 1. The van der Waals surface area contributed by atoms with Crippen LogP contribution in [0.5, 0.6) is 0 Å². The molecule has 2 unspecified atom stereocenters. The van der Waals surface area contributed by atoms with Crippen LogP contribution in [0.1, 0.15) is 42.3 Å². The number of aromatic nitrogens is 1. The number of carbonyl (C=O) groups is 2. The third-order valence-electron chi connectivity index (χ3n) is 2.87. The van der Waals surface area contributed by atoms with Gasteiger partial charge in [0, 0.05) is 11.9 Å². The number of hydrogen-bond donors (Lipinski definition) is 3. The SMILES string of the molecule is CC(NC(=O)C(CN)C(C)C)c1nc(C(=O)O)cs1. The van der Waals surface area contributed by atoms with Crippen LogP contribution < -0.4 is 11.1 Å². The molecule has 0 radical (unpaired) electrons. The van der Waals surface area contributed by atoms with E-state index in [1.54, 1.807) is 6.92 Å². The fraction of sp³-hybridized carbons (Fsp3) is 0.583. The molecule has 0 aliphatic rings. The Morgan fingerprint density at radius 2 is 2.11 bits per heavy atom. The first-order valence-corrected chi connectivity index (χ1v) is 6.94. The molecule has 1 aromatic rings. The molecule has 0 bridgehead atoms. The zero-order chi connectivity index (χ0) is 14.6. The summed E-state index contributed by atoms with van der Waals surface area (Å²) in [6.07, 6.45) is 0. The highest BCUT2D eigenvalue weighted by molar-refractivity contribution is 7.09. The smallest absolute Gasteiger partial charge is 0.355 e. The maximum absolute atomic E-state index is 12.0. The van der Waals surface area contributed by atoms with Crippen molar-refractivity contribution < 1.29 is 14.7 Å². The second-order valence-electron chi connectivity index (χ2n) is 4.69. The van der Waals surface area contributed by atoms with Crippen molar-refractivity contribution >= 4 is 23.2 Å². The van der Waals surface area contributed by atoms with Gasteiger partial charge in [-0.1, -0.05) is 13.8 Å². The van der Waals surface area contributed by atoms with Crippen molar-refractivity contribution in [2.24, 2.45) is 17.6 Å². The zero-order valence-corrected chi connectivity index (χ0v) is 12.0. The van der Waals surface area contributed by atoms with Crippen LogP contribution in [0.3, 0.4) is 0 Å². The van der Waals surface area contributed by atoms with E-state index in [9.17, 15) is 9.59 Å². The minimum absolute atomic E-state index is 0.000309. The van der Waals surface area contributed by atoms with Gasteiger partial charge in [-0.05, 0) is 12.8 Å². The normalized spacial score (nSPS) is 14.2. The molecule has 0 fully saturated rings. The summed E-state index contributed by atoms with van der Waals surface area (Å²) in [5.41, 5.74) is 5.58. The standard InChI is InChI=1S/C12H19N3O3S/c1-6(2)8(4-13)10(16)14-7(3)11-15-9(5-19-11)12(17)18/h5-8H,4,13H2,1-3H3,(H,14,16)(H,17,18). The highest BCUT2D eigenvalue weighted by atomic mass is 32.1. The number of hydrogen-bond acceptors (Lipinski definition) is 5. The van der Waals surface area contributed by atoms with Gasteiger partial charge >= 0.3 is 5.97 Å². The Morgan fingerprint density at radius 3 is 2.53 bits per heavy atom. The number of rotatable bonds is 6. The Hall–Kier alpha value is -1.47. The van der Waals surface area contributed by atoms with E-state index >= 15 is 0 Å². The predicted molar refractivity (Wildman–Crippen MR) is 73.0 cm³/mol. The molecule has 0 aliphatic carbocycles. The highest BCUT2D eigenvalue weighted by Gasteiger charge is 2.23. The minimum Gasteiger partial charge on any atom is -0.476 e. The molecule has 0 spiro atoms. The number of carboxylic acid groups (broad SMARTS) is 1. The summed E-state index contributed by atoms with van der Waals surface area (Å²) in [5, 5.41) is 13.7. The fourth-order valence-corrected chi connectivity index (χ4v) is 2.45. The van der Waals surface area contributed by atoms with E-state index in [0.717, 1.165) is 0 Å². The molecule has 106 valence electrons. The van der Waals surface area contributed by atoms with Gasteiger partial charge in [0.25, 0.3) is 0 Å². The van der Waals surface area contributed by atoms with E-state index in [4.69, 9.17) is 10.8 Å². The van der Waals surface area contributed by atoms with Crippen LogP contribution in [0.25, 0.3) is 0 Å². The van der Waals surface area contributed by atoms with E-state index < -0.39 is 5.97 Å². The molecule has 7 heteroatoms. The molecular formula is C12H19N3O3S. The van der Waals surface area contributed by atoms with Crippen LogP contribution in [-0.2, 0) is 4.79 Å². The van der Waals surface area contributed by atoms with Crippen molar-refractivity contribution in [2.45, 2.75) is 26.8 Å². The highest BCUT2D eigenvalue weighted by Crippen LogP contribution is 2.19. The average molecular weight is 285 g/mol. The van der Waals surface area contributed by atoms with Gasteiger partial charge in [0.2, 0.25) is 5.91 Å². The summed E-state index contributed by atoms with van der Waals surface area (Å²) in [4.78, 5) is 26.7. The summed E-state index contributed by atoms with van der Waals surface area (Å²) in [7, 11) is 0. The molecule has 4 N–H and O–H groups in total. The van der Waals surface area contributed by atoms with Gasteiger partial charge in [-0.3, -0.25) is 4.79 Å². The number of thiazole rings is 1. The summed E-state index contributed by atoms with van der Waals surface area (Å²) in [6.45, 7) is 5.94. The Morgan fingerprint density at radius 1 is 1.47 bits per heavy atom. The number of nitrogens with two attached hydrogens (primary N) is 1. The van der Waals surface area contributed by atoms with E-state index in [1.165, 1.54) is 16.7 Å². The van der Waals surface area contributed by atoms with Gasteiger partial charge in [0.15, 0.2) is 5.69 Å². The first kappa shape index (κ1) is 15.6. The number of aromatic carboxylic acids is 1. The number of amides is 1. The Balaban J connectivity index is 2.70. The van der Waals surface area contributed by atoms with Gasteiger partial charge in [0.1, 0.15) is 5.01 Å². The lowest BCUT2D eigenvalue weighted by Gasteiger charge is -2.20. The lowest BCUT2D eigenvalue weighted by Crippen LogP contribution is -2.39. The van der Waals surface area contributed by atoms with E-state index in [2.05, 4.69) is 10.3 Å². The van der Waals surface area contributed by atoms with Crippen molar-refractivity contribution in [3.8, 4) is 0 Å². The maximum Gasteiger partial charge on any atom is 0.355 e. The minimum atomic E-state index is -1.07. The number of nitrogens with zero attached hydrogens (tertiary/aromatic N) is 1. The van der Waals surface area contributed by atoms with Crippen molar-refractivity contribution in [1.82, 2.24) is 10.3 Å². The van der Waals surface area contributed by atoms with Crippen molar-refractivity contribution in [3.63, 3.8) is 0 Å². The first-order chi connectivity index (χ1) is 8.86. The van der Waals surface area contributed by atoms with Gasteiger partial charge in [-0.25, -0.2) is 9.78 Å². The van der Waals surface area contributed by atoms with Crippen molar-refractivity contribution in [1.29, 1.82) is 0 Å². The van der Waals surface area contributed by atoms with Gasteiger partial charge < -0.3 is 16.2 Å². The Kier molecular flexibility index (Phi) is 5.44. The molecular weight excluding hydrogens is 266 g/mol. The molecule has 19 heavy (non-hydrogen) atoms. The van der Waals surface area contributed by atoms with Crippen LogP contribution >= 0.6 is 11.3 Å². The molecule has 1 rings (SSSR count). The zero-order valence-electron chi connectivity index (χ0n) is 11.2. The Labute approximate surface area is 116 Å². The molecule has 0 aliphatic heterocycles. The third kappa shape index (κ3) is 4.00. The molecule has 6 nitrogen and oxygen atoms in total. The molecule has 0 saturated carbocycles. The van der Waals surface area contributed by atoms with E-state index in [0.29, 0.717) is 5.01 Å². The average Bonchev–Trinajstić information content (AvgIpc) is 2.78. The summed E-state index contributed by atoms with van der Waals surface area (Å²) in [6, 6.07) is -0.321. The lowest BCUT2D eigenvalue weighted by atomic mass is 9.95. The topological polar surface area (TPSA) is 105 Å². The van der Waals surface area contributed by atoms with Gasteiger partial charge in [0.05, 0.1) is 12.0 Å². The second kappa shape index (κ2) is 6.63. The van der Waals surface area contributed by atoms with Crippen LogP contribution in [0.2, 0.25) is 0 Å². The Bertz CT molecular complexity index is 459. The molecule has 0 saturated heterocycles. The van der Waals surface area contributed by atoms with Crippen LogP contribution in [0.15, 0.2) is 5.38 Å². The summed E-state index contributed by atoms with van der Waals surface area (Å²) < 4.78 is 0. The van der Waals surface area contributed by atoms with Gasteiger partial charge in [-0.2, -0.15) is 0 Å². The largest absolute Gasteiger partial charge is 0.476 e. The monoisotopic (exact) mass is 285 g/mol. The van der Waals surface area contributed by atoms with Crippen LogP contribution in [0.4, 0.5) is 0 Å². The van der Waals surface area contributed by atoms with E-state index in [1.807, 2.05) is 13.8 Å². The third-order valence-corrected chi connectivity index (χ3v) is 3.89. The summed E-state index contributed by atoms with van der Waals surface area (Å²) in [5.74, 6) is -1.29. The van der Waals surface area contributed by atoms with Gasteiger partial charge in [-0.15, -0.1) is 11.3 Å². The number of nitrogens with one attached hydrogen (secondary N) is 1.